The summed E-state index contributed by atoms with van der Waals surface area (Å²) >= 11 is 0. The van der Waals surface area contributed by atoms with Crippen molar-refractivity contribution in [2.75, 3.05) is 33.9 Å². The van der Waals surface area contributed by atoms with Crippen molar-refractivity contribution in [3.05, 3.63) is 94.7 Å². The number of aromatic nitrogens is 1. The van der Waals surface area contributed by atoms with E-state index in [1.54, 1.807) is 48.7 Å². The molecule has 3 aromatic carbocycles. The molecule has 5 rings (SSSR count). The van der Waals surface area contributed by atoms with Gasteiger partial charge >= 0.3 is 18.0 Å². The van der Waals surface area contributed by atoms with Crippen molar-refractivity contribution < 1.29 is 38.5 Å². The summed E-state index contributed by atoms with van der Waals surface area (Å²) < 4.78 is 17.8. The minimum absolute atomic E-state index is 0.0476. The second kappa shape index (κ2) is 13.2. The quantitative estimate of drug-likeness (QED) is 0.249. The highest BCUT2D eigenvalue weighted by atomic mass is 16.7. The predicted molar refractivity (Wildman–Crippen MR) is 171 cm³/mol. The number of rotatable bonds is 7. The number of ether oxygens (including phenoxy) is 3. The van der Waals surface area contributed by atoms with E-state index >= 15 is 0 Å². The van der Waals surface area contributed by atoms with Gasteiger partial charge in [-0.05, 0) is 75.2 Å². The zero-order valence-corrected chi connectivity index (χ0v) is 26.9. The standard InChI is InChI=1S/C35H39N3O8/c1-22-18-30(43-5)27(25-14-15-38(31(22)25)34(42)45-35(2,3)4)20-36-16-17-37(46-32(40)23-10-8-7-9-11-23)21-28(36)24-12-13-26(29(39)19-24)33(41)44-6/h7-15,18-19,28,39H,16-17,20-21H2,1-6H3. The molecule has 1 aromatic heterocycles. The number of phenolic OH excluding ortho intramolecular Hbond substituents is 1. The first-order valence-electron chi connectivity index (χ1n) is 15.0. The lowest BCUT2D eigenvalue weighted by molar-refractivity contribution is -0.145. The summed E-state index contributed by atoms with van der Waals surface area (Å²) in [4.78, 5) is 46.2. The molecule has 242 valence electrons. The Balaban J connectivity index is 1.51. The fourth-order valence-electron chi connectivity index (χ4n) is 5.74. The van der Waals surface area contributed by atoms with Crippen LogP contribution < -0.4 is 4.74 Å². The van der Waals surface area contributed by atoms with Crippen LogP contribution in [0.2, 0.25) is 0 Å². The summed E-state index contributed by atoms with van der Waals surface area (Å²) in [5, 5.41) is 13.2. The average molecular weight is 630 g/mol. The second-order valence-electron chi connectivity index (χ2n) is 12.2. The van der Waals surface area contributed by atoms with Gasteiger partial charge in [0.2, 0.25) is 0 Å². The monoisotopic (exact) mass is 629 g/mol. The number of benzene rings is 3. The Kier molecular flexibility index (Phi) is 9.36. The van der Waals surface area contributed by atoms with E-state index in [1.807, 2.05) is 45.9 Å². The molecule has 1 aliphatic rings. The molecule has 0 aliphatic carbocycles. The van der Waals surface area contributed by atoms with Gasteiger partial charge in [0.25, 0.3) is 0 Å². The maximum atomic E-state index is 13.1. The Hall–Kier alpha value is -4.87. The van der Waals surface area contributed by atoms with E-state index in [4.69, 9.17) is 19.0 Å². The van der Waals surface area contributed by atoms with Crippen LogP contribution in [0.3, 0.4) is 0 Å². The Morgan fingerprint density at radius 1 is 0.957 bits per heavy atom. The topological polar surface area (TPSA) is 120 Å². The first-order valence-corrected chi connectivity index (χ1v) is 15.0. The molecular formula is C35H39N3O8. The number of aromatic hydroxyl groups is 1. The van der Waals surface area contributed by atoms with Gasteiger partial charge in [0.05, 0.1) is 37.9 Å². The molecule has 1 aliphatic heterocycles. The van der Waals surface area contributed by atoms with Gasteiger partial charge in [0.15, 0.2) is 0 Å². The average Bonchev–Trinajstić information content (AvgIpc) is 3.48. The van der Waals surface area contributed by atoms with Crippen LogP contribution in [-0.2, 0) is 20.9 Å². The third-order valence-corrected chi connectivity index (χ3v) is 7.89. The predicted octanol–water partition coefficient (Wildman–Crippen LogP) is 5.86. The number of hydroxylamine groups is 2. The highest BCUT2D eigenvalue weighted by Gasteiger charge is 2.33. The normalized spacial score (nSPS) is 15.8. The molecule has 4 aromatic rings. The van der Waals surface area contributed by atoms with Crippen molar-refractivity contribution in [1.82, 2.24) is 14.5 Å². The van der Waals surface area contributed by atoms with Crippen LogP contribution in [0.5, 0.6) is 11.5 Å². The fourth-order valence-corrected chi connectivity index (χ4v) is 5.74. The Morgan fingerprint density at radius 2 is 1.70 bits per heavy atom. The van der Waals surface area contributed by atoms with Crippen LogP contribution in [0, 0.1) is 6.92 Å². The largest absolute Gasteiger partial charge is 0.507 e. The lowest BCUT2D eigenvalue weighted by Gasteiger charge is -2.41. The van der Waals surface area contributed by atoms with E-state index < -0.39 is 23.6 Å². The lowest BCUT2D eigenvalue weighted by atomic mass is 9.98. The molecule has 11 heteroatoms. The number of nitrogens with zero attached hydrogens (tertiary/aromatic N) is 3. The van der Waals surface area contributed by atoms with Crippen LogP contribution >= 0.6 is 0 Å². The molecule has 11 nitrogen and oxygen atoms in total. The van der Waals surface area contributed by atoms with Gasteiger partial charge in [-0.15, -0.1) is 5.06 Å². The maximum Gasteiger partial charge on any atom is 0.419 e. The number of esters is 1. The number of hydrogen-bond acceptors (Lipinski definition) is 10. The molecule has 0 amide bonds. The van der Waals surface area contributed by atoms with E-state index in [0.29, 0.717) is 36.5 Å². The van der Waals surface area contributed by atoms with Gasteiger partial charge in [-0.25, -0.2) is 14.4 Å². The Bertz CT molecular complexity index is 1760. The lowest BCUT2D eigenvalue weighted by Crippen LogP contribution is -2.48. The molecule has 0 saturated carbocycles. The number of aryl methyl sites for hydroxylation is 1. The van der Waals surface area contributed by atoms with Crippen LogP contribution in [-0.4, -0.2) is 77.1 Å². The van der Waals surface area contributed by atoms with Crippen molar-refractivity contribution in [1.29, 1.82) is 0 Å². The fraction of sp³-hybridized carbons (Fsp3) is 0.343. The van der Waals surface area contributed by atoms with Gasteiger partial charge in [-0.1, -0.05) is 24.3 Å². The van der Waals surface area contributed by atoms with Crippen molar-refractivity contribution in [2.45, 2.75) is 45.9 Å². The molecule has 46 heavy (non-hydrogen) atoms. The van der Waals surface area contributed by atoms with Gasteiger partial charge in [0, 0.05) is 36.8 Å². The Labute approximate surface area is 267 Å². The number of carbonyl (C=O) groups excluding carboxylic acids is 3. The van der Waals surface area contributed by atoms with Crippen LogP contribution in [0.1, 0.15) is 64.2 Å². The molecule has 0 radical (unpaired) electrons. The zero-order valence-electron chi connectivity index (χ0n) is 26.9. The van der Waals surface area contributed by atoms with E-state index in [0.717, 1.165) is 22.0 Å². The molecule has 1 N–H and O–H groups in total. The van der Waals surface area contributed by atoms with Gasteiger partial charge < -0.3 is 24.2 Å². The van der Waals surface area contributed by atoms with Crippen molar-refractivity contribution in [2.24, 2.45) is 0 Å². The second-order valence-corrected chi connectivity index (χ2v) is 12.2. The third-order valence-electron chi connectivity index (χ3n) is 7.89. The highest BCUT2D eigenvalue weighted by Crippen LogP contribution is 2.37. The zero-order chi connectivity index (χ0) is 33.2. The molecule has 1 saturated heterocycles. The number of methoxy groups -OCH3 is 2. The summed E-state index contributed by atoms with van der Waals surface area (Å²) in [6.07, 6.45) is 1.23. The summed E-state index contributed by atoms with van der Waals surface area (Å²) in [5.41, 5.74) is 2.96. The minimum Gasteiger partial charge on any atom is -0.507 e. The molecule has 0 bridgehead atoms. The summed E-state index contributed by atoms with van der Waals surface area (Å²) in [5.74, 6) is -0.675. The summed E-state index contributed by atoms with van der Waals surface area (Å²) in [6, 6.07) is 17.0. The van der Waals surface area contributed by atoms with Crippen LogP contribution in [0.4, 0.5) is 4.79 Å². The summed E-state index contributed by atoms with van der Waals surface area (Å²) in [7, 11) is 2.86. The van der Waals surface area contributed by atoms with E-state index in [9.17, 15) is 19.5 Å². The van der Waals surface area contributed by atoms with Crippen molar-refractivity contribution >= 4 is 28.9 Å². The number of carbonyl (C=O) groups is 3. The molecule has 1 atom stereocenters. The molecule has 2 heterocycles. The molecule has 1 fully saturated rings. The van der Waals surface area contributed by atoms with E-state index in [-0.39, 0.29) is 23.9 Å². The van der Waals surface area contributed by atoms with E-state index in [1.165, 1.54) is 23.8 Å². The van der Waals surface area contributed by atoms with E-state index in [2.05, 4.69) is 4.90 Å². The maximum absolute atomic E-state index is 13.1. The number of piperazine rings is 1. The van der Waals surface area contributed by atoms with Crippen LogP contribution in [0.25, 0.3) is 10.9 Å². The Morgan fingerprint density at radius 3 is 2.35 bits per heavy atom. The summed E-state index contributed by atoms with van der Waals surface area (Å²) in [6.45, 7) is 8.98. The van der Waals surface area contributed by atoms with Crippen LogP contribution in [0.15, 0.2) is 66.9 Å². The van der Waals surface area contributed by atoms with Crippen molar-refractivity contribution in [3.63, 3.8) is 0 Å². The van der Waals surface area contributed by atoms with Gasteiger partial charge in [0.1, 0.15) is 22.7 Å². The molecular weight excluding hydrogens is 590 g/mol. The van der Waals surface area contributed by atoms with Gasteiger partial charge in [-0.2, -0.15) is 0 Å². The SMILES string of the molecule is COC(=O)c1ccc(C2CN(OC(=O)c3ccccc3)CCN2Cc2c(OC)cc(C)c3c2ccn3C(=O)OC(C)(C)C)cc1O. The molecule has 0 spiro atoms. The molecule has 1 unspecified atom stereocenters. The third kappa shape index (κ3) is 6.85. The first kappa shape index (κ1) is 32.5. The minimum atomic E-state index is -0.664. The smallest absolute Gasteiger partial charge is 0.419 e. The number of phenols is 1. The van der Waals surface area contributed by atoms with Crippen molar-refractivity contribution in [3.8, 4) is 11.5 Å². The highest BCUT2D eigenvalue weighted by molar-refractivity contribution is 5.95. The van der Waals surface area contributed by atoms with Gasteiger partial charge in [-0.3, -0.25) is 9.47 Å². The first-order chi connectivity index (χ1) is 21.9. The number of fused-ring (bicyclic) bond motifs is 1. The number of hydrogen-bond donors (Lipinski definition) is 1.